The Balaban J connectivity index is 2.25. The SMILES string of the molecule is CCCOc1ccc(/C=C2\SC(=S)N(N)C2=O)cc1OC. The summed E-state index contributed by atoms with van der Waals surface area (Å²) in [5.74, 6) is 6.55. The average Bonchev–Trinajstić information content (AvgIpc) is 2.73. The predicted octanol–water partition coefficient (Wildman–Crippen LogP) is 2.56. The lowest BCUT2D eigenvalue weighted by molar-refractivity contribution is -0.122. The van der Waals surface area contributed by atoms with Gasteiger partial charge in [-0.2, -0.15) is 0 Å². The highest BCUT2D eigenvalue weighted by molar-refractivity contribution is 8.26. The molecular formula is C14H16N2O3S2. The predicted molar refractivity (Wildman–Crippen MR) is 88.0 cm³/mol. The zero-order valence-corrected chi connectivity index (χ0v) is 13.4. The summed E-state index contributed by atoms with van der Waals surface area (Å²) >= 11 is 6.17. The third-order valence-electron chi connectivity index (χ3n) is 2.77. The molecule has 0 aromatic heterocycles. The van der Waals surface area contributed by atoms with Crippen LogP contribution >= 0.6 is 24.0 Å². The van der Waals surface area contributed by atoms with E-state index in [1.807, 2.05) is 25.1 Å². The normalized spacial score (nSPS) is 16.7. The van der Waals surface area contributed by atoms with Crippen LogP contribution in [0.2, 0.25) is 0 Å². The maximum absolute atomic E-state index is 11.9. The van der Waals surface area contributed by atoms with E-state index in [1.165, 1.54) is 11.8 Å². The van der Waals surface area contributed by atoms with Crippen LogP contribution in [0.15, 0.2) is 23.1 Å². The molecule has 1 heterocycles. The van der Waals surface area contributed by atoms with E-state index in [9.17, 15) is 4.79 Å². The van der Waals surface area contributed by atoms with Gasteiger partial charge in [-0.1, -0.05) is 37.0 Å². The van der Waals surface area contributed by atoms with Crippen molar-refractivity contribution in [1.82, 2.24) is 5.01 Å². The molecule has 2 rings (SSSR count). The second-order valence-electron chi connectivity index (χ2n) is 4.31. The number of hydrogen-bond acceptors (Lipinski definition) is 6. The molecule has 5 nitrogen and oxygen atoms in total. The molecule has 21 heavy (non-hydrogen) atoms. The number of ether oxygens (including phenoxy) is 2. The van der Waals surface area contributed by atoms with E-state index >= 15 is 0 Å². The summed E-state index contributed by atoms with van der Waals surface area (Å²) in [6.07, 6.45) is 2.65. The van der Waals surface area contributed by atoms with Crippen LogP contribution in [0.25, 0.3) is 6.08 Å². The van der Waals surface area contributed by atoms with Gasteiger partial charge in [0.2, 0.25) is 0 Å². The fraction of sp³-hybridized carbons (Fsp3) is 0.286. The Labute approximate surface area is 133 Å². The van der Waals surface area contributed by atoms with E-state index in [4.69, 9.17) is 27.5 Å². The number of methoxy groups -OCH3 is 1. The number of amides is 1. The average molecular weight is 324 g/mol. The van der Waals surface area contributed by atoms with Crippen LogP contribution in [-0.4, -0.2) is 29.0 Å². The van der Waals surface area contributed by atoms with Gasteiger partial charge in [0.05, 0.1) is 18.6 Å². The van der Waals surface area contributed by atoms with Crippen molar-refractivity contribution in [2.75, 3.05) is 13.7 Å². The quantitative estimate of drug-likeness (QED) is 0.389. The lowest BCUT2D eigenvalue weighted by atomic mass is 10.2. The molecule has 1 aromatic rings. The van der Waals surface area contributed by atoms with Crippen molar-refractivity contribution in [2.45, 2.75) is 13.3 Å². The first-order valence-corrected chi connectivity index (χ1v) is 7.62. The van der Waals surface area contributed by atoms with Gasteiger partial charge in [-0.25, -0.2) is 10.9 Å². The monoisotopic (exact) mass is 324 g/mol. The third-order valence-corrected chi connectivity index (χ3v) is 4.10. The van der Waals surface area contributed by atoms with Crippen LogP contribution in [0.3, 0.4) is 0 Å². The van der Waals surface area contributed by atoms with Gasteiger partial charge >= 0.3 is 0 Å². The highest BCUT2D eigenvalue weighted by Gasteiger charge is 2.29. The van der Waals surface area contributed by atoms with Gasteiger partial charge in [-0.15, -0.1) is 0 Å². The van der Waals surface area contributed by atoms with Crippen molar-refractivity contribution in [2.24, 2.45) is 5.84 Å². The van der Waals surface area contributed by atoms with Crippen LogP contribution < -0.4 is 15.3 Å². The maximum atomic E-state index is 11.9. The Hall–Kier alpha value is -1.57. The van der Waals surface area contributed by atoms with E-state index in [1.54, 1.807) is 13.2 Å². The number of hydrogen-bond donors (Lipinski definition) is 1. The van der Waals surface area contributed by atoms with E-state index < -0.39 is 0 Å². The Morgan fingerprint density at radius 1 is 1.43 bits per heavy atom. The summed E-state index contributed by atoms with van der Waals surface area (Å²) in [6, 6.07) is 5.49. The van der Waals surface area contributed by atoms with Crippen LogP contribution in [0, 0.1) is 0 Å². The fourth-order valence-electron chi connectivity index (χ4n) is 1.74. The molecule has 0 bridgehead atoms. The largest absolute Gasteiger partial charge is 0.493 e. The molecule has 0 saturated carbocycles. The lowest BCUT2D eigenvalue weighted by Crippen LogP contribution is -2.34. The molecule has 1 aliphatic rings. The molecule has 0 unspecified atom stereocenters. The summed E-state index contributed by atoms with van der Waals surface area (Å²) in [5, 5.41) is 0.974. The molecule has 1 aromatic carbocycles. The zero-order valence-electron chi connectivity index (χ0n) is 11.8. The zero-order chi connectivity index (χ0) is 15.4. The highest BCUT2D eigenvalue weighted by atomic mass is 32.2. The molecule has 0 radical (unpaired) electrons. The number of nitrogens with two attached hydrogens (primary N) is 1. The second kappa shape index (κ2) is 6.93. The molecule has 0 spiro atoms. The first-order valence-electron chi connectivity index (χ1n) is 6.40. The molecule has 7 heteroatoms. The Morgan fingerprint density at radius 3 is 2.76 bits per heavy atom. The molecule has 1 amide bonds. The number of thioether (sulfide) groups is 1. The van der Waals surface area contributed by atoms with E-state index in [0.29, 0.717) is 27.3 Å². The standard InChI is InChI=1S/C14H16N2O3S2/c1-3-6-19-10-5-4-9(7-11(10)18-2)8-12-13(17)16(15)14(20)21-12/h4-5,7-8H,3,6,15H2,1-2H3/b12-8-. The number of carbonyl (C=O) groups is 1. The van der Waals surface area contributed by atoms with Gasteiger partial charge in [-0.05, 0) is 30.2 Å². The summed E-state index contributed by atoms with van der Waals surface area (Å²) in [6.45, 7) is 2.66. The van der Waals surface area contributed by atoms with Gasteiger partial charge in [0.25, 0.3) is 5.91 Å². The molecule has 112 valence electrons. The first kappa shape index (κ1) is 15.8. The molecular weight excluding hydrogens is 308 g/mol. The molecule has 1 aliphatic heterocycles. The minimum Gasteiger partial charge on any atom is -0.493 e. The minimum absolute atomic E-state index is 0.296. The number of rotatable bonds is 5. The van der Waals surface area contributed by atoms with Crippen molar-refractivity contribution < 1.29 is 14.3 Å². The first-order chi connectivity index (χ1) is 10.1. The summed E-state index contributed by atoms with van der Waals surface area (Å²) in [7, 11) is 1.58. The van der Waals surface area contributed by atoms with E-state index in [2.05, 4.69) is 0 Å². The van der Waals surface area contributed by atoms with Gasteiger partial charge in [-0.3, -0.25) is 4.79 Å². The highest BCUT2D eigenvalue weighted by Crippen LogP contribution is 2.33. The van der Waals surface area contributed by atoms with Crippen LogP contribution in [0.4, 0.5) is 0 Å². The number of carbonyl (C=O) groups excluding carboxylic acids is 1. The fourth-order valence-corrected chi connectivity index (χ4v) is 2.84. The van der Waals surface area contributed by atoms with Crippen molar-refractivity contribution >= 4 is 40.3 Å². The minimum atomic E-state index is -0.296. The van der Waals surface area contributed by atoms with Crippen molar-refractivity contribution in [3.8, 4) is 11.5 Å². The Kier molecular flexibility index (Phi) is 5.22. The van der Waals surface area contributed by atoms with E-state index in [0.717, 1.165) is 17.0 Å². The van der Waals surface area contributed by atoms with Gasteiger partial charge in [0.15, 0.2) is 15.8 Å². The smallest absolute Gasteiger partial charge is 0.280 e. The number of benzene rings is 1. The van der Waals surface area contributed by atoms with Crippen LogP contribution in [0.1, 0.15) is 18.9 Å². The topological polar surface area (TPSA) is 64.8 Å². The molecule has 1 fully saturated rings. The molecule has 0 aliphatic carbocycles. The van der Waals surface area contributed by atoms with Crippen molar-refractivity contribution in [1.29, 1.82) is 0 Å². The molecule has 2 N–H and O–H groups in total. The molecule has 0 atom stereocenters. The Morgan fingerprint density at radius 2 is 2.19 bits per heavy atom. The van der Waals surface area contributed by atoms with Crippen LogP contribution in [-0.2, 0) is 4.79 Å². The number of hydrazine groups is 1. The molecule has 1 saturated heterocycles. The van der Waals surface area contributed by atoms with E-state index in [-0.39, 0.29) is 5.91 Å². The number of thiocarbonyl (C=S) groups is 1. The summed E-state index contributed by atoms with van der Waals surface area (Å²) < 4.78 is 11.2. The van der Waals surface area contributed by atoms with Crippen LogP contribution in [0.5, 0.6) is 11.5 Å². The number of nitrogens with zero attached hydrogens (tertiary/aromatic N) is 1. The van der Waals surface area contributed by atoms with Crippen molar-refractivity contribution in [3.63, 3.8) is 0 Å². The van der Waals surface area contributed by atoms with Gasteiger partial charge in [0, 0.05) is 0 Å². The second-order valence-corrected chi connectivity index (χ2v) is 5.99. The van der Waals surface area contributed by atoms with Crippen molar-refractivity contribution in [3.05, 3.63) is 28.7 Å². The van der Waals surface area contributed by atoms with Gasteiger partial charge in [0.1, 0.15) is 0 Å². The van der Waals surface area contributed by atoms with Gasteiger partial charge < -0.3 is 9.47 Å². The summed E-state index contributed by atoms with van der Waals surface area (Å²) in [4.78, 5) is 12.3. The third kappa shape index (κ3) is 3.55. The maximum Gasteiger partial charge on any atom is 0.280 e. The summed E-state index contributed by atoms with van der Waals surface area (Å²) in [5.41, 5.74) is 0.824. The Bertz CT molecular complexity index is 602. The lowest BCUT2D eigenvalue weighted by Gasteiger charge is -2.10.